The highest BCUT2D eigenvalue weighted by Crippen LogP contribution is 2.38. The Morgan fingerprint density at radius 2 is 1.84 bits per heavy atom. The zero-order chi connectivity index (χ0) is 27.2. The van der Waals surface area contributed by atoms with Crippen molar-refractivity contribution >= 4 is 29.0 Å². The van der Waals surface area contributed by atoms with Crippen LogP contribution in [0, 0.1) is 27.4 Å². The molecule has 1 atom stereocenters. The summed E-state index contributed by atoms with van der Waals surface area (Å²) in [7, 11) is 0. The molecule has 0 bridgehead atoms. The number of nitro groups is 1. The molecule has 37 heavy (non-hydrogen) atoms. The molecule has 3 rings (SSSR count). The van der Waals surface area contributed by atoms with Crippen molar-refractivity contribution in [2.24, 2.45) is 5.92 Å². The molecule has 9 nitrogen and oxygen atoms in total. The third-order valence-electron chi connectivity index (χ3n) is 5.59. The average Bonchev–Trinajstić information content (AvgIpc) is 2.85. The summed E-state index contributed by atoms with van der Waals surface area (Å²) in [6.07, 6.45) is -2.40. The largest absolute Gasteiger partial charge is 0.486 e. The van der Waals surface area contributed by atoms with E-state index >= 15 is 0 Å². The molecule has 1 unspecified atom stereocenters. The van der Waals surface area contributed by atoms with Crippen molar-refractivity contribution in [2.45, 2.75) is 31.9 Å². The lowest BCUT2D eigenvalue weighted by atomic mass is 10.00. The van der Waals surface area contributed by atoms with E-state index in [1.165, 1.54) is 11.0 Å². The third-order valence-corrected chi connectivity index (χ3v) is 5.88. The number of ether oxygens (including phenoxy) is 2. The summed E-state index contributed by atoms with van der Waals surface area (Å²) in [4.78, 5) is 37.2. The number of ketones is 1. The van der Waals surface area contributed by atoms with E-state index in [0.717, 1.165) is 43.5 Å². The number of hydrogen-bond donors (Lipinski definition) is 0. The van der Waals surface area contributed by atoms with Crippen molar-refractivity contribution < 1.29 is 37.2 Å². The fourth-order valence-corrected chi connectivity index (χ4v) is 3.90. The lowest BCUT2D eigenvalue weighted by molar-refractivity contribution is -0.385. The number of nitro benzene ring substituents is 1. The topological polar surface area (TPSA) is 123 Å². The van der Waals surface area contributed by atoms with Crippen LogP contribution in [0.2, 0.25) is 5.02 Å². The van der Waals surface area contributed by atoms with E-state index in [1.54, 1.807) is 6.07 Å². The smallest absolute Gasteiger partial charge is 0.416 e. The first kappa shape index (κ1) is 27.7. The van der Waals surface area contributed by atoms with E-state index in [4.69, 9.17) is 21.1 Å². The molecule has 1 aliphatic heterocycles. The molecule has 1 fully saturated rings. The zero-order valence-corrected chi connectivity index (χ0v) is 20.1. The first-order valence-electron chi connectivity index (χ1n) is 11.2. The second kappa shape index (κ2) is 11.9. The Kier molecular flexibility index (Phi) is 8.94. The van der Waals surface area contributed by atoms with Crippen LogP contribution in [0.3, 0.4) is 0 Å². The predicted molar refractivity (Wildman–Crippen MR) is 124 cm³/mol. The van der Waals surface area contributed by atoms with Gasteiger partial charge in [0.15, 0.2) is 11.7 Å². The van der Waals surface area contributed by atoms with Gasteiger partial charge in [0.2, 0.25) is 11.7 Å². The summed E-state index contributed by atoms with van der Waals surface area (Å²) in [6.45, 7) is 0.584. The molecule has 0 saturated carbocycles. The number of hydrogen-bond acceptors (Lipinski definition) is 7. The maximum Gasteiger partial charge on any atom is 0.416 e. The van der Waals surface area contributed by atoms with Crippen LogP contribution in [0.15, 0.2) is 36.4 Å². The number of carbonyl (C=O) groups excluding carboxylic acids is 2. The van der Waals surface area contributed by atoms with Crippen molar-refractivity contribution in [2.75, 3.05) is 19.7 Å². The Balaban J connectivity index is 1.69. The fraction of sp³-hybridized carbons (Fsp3) is 0.375. The molecule has 0 aliphatic carbocycles. The Bertz CT molecular complexity index is 1230. The van der Waals surface area contributed by atoms with Crippen molar-refractivity contribution in [1.82, 2.24) is 4.90 Å². The highest BCUT2D eigenvalue weighted by molar-refractivity contribution is 6.32. The quantitative estimate of drug-likeness (QED) is 0.232. The number of rotatable bonds is 9. The predicted octanol–water partition coefficient (Wildman–Crippen LogP) is 5.55. The fourth-order valence-electron chi connectivity index (χ4n) is 3.68. The molecule has 1 saturated heterocycles. The summed E-state index contributed by atoms with van der Waals surface area (Å²) >= 11 is 5.89. The maximum absolute atomic E-state index is 12.8. The van der Waals surface area contributed by atoms with Gasteiger partial charge in [-0.05, 0) is 43.5 Å². The van der Waals surface area contributed by atoms with Crippen molar-refractivity contribution in [1.29, 1.82) is 5.26 Å². The number of nitrogens with zero attached hydrogens (tertiary/aromatic N) is 3. The number of nitriles is 1. The molecular weight excluding hydrogens is 519 g/mol. The van der Waals surface area contributed by atoms with Gasteiger partial charge in [-0.25, -0.2) is 0 Å². The molecule has 0 aromatic heterocycles. The monoisotopic (exact) mass is 539 g/mol. The third kappa shape index (κ3) is 7.10. The highest BCUT2D eigenvalue weighted by Gasteiger charge is 2.32. The first-order chi connectivity index (χ1) is 17.5. The second-order valence-electron chi connectivity index (χ2n) is 8.14. The Hall–Kier alpha value is -3.85. The van der Waals surface area contributed by atoms with Gasteiger partial charge < -0.3 is 14.4 Å². The minimum atomic E-state index is -4.60. The minimum absolute atomic E-state index is 0.0243. The summed E-state index contributed by atoms with van der Waals surface area (Å²) in [5, 5.41) is 20.4. The zero-order valence-electron chi connectivity index (χ0n) is 19.3. The Labute approximate surface area is 214 Å². The van der Waals surface area contributed by atoms with Crippen molar-refractivity contribution in [3.05, 3.63) is 57.1 Å². The SMILES string of the molecule is N#CC(C(=O)CCOc1cc(Oc2ccc(C(F)(F)F)cc2Cl)ccc1[N+](=O)[O-])C(=O)N1CCCCC1. The van der Waals surface area contributed by atoms with Gasteiger partial charge in [-0.15, -0.1) is 0 Å². The van der Waals surface area contributed by atoms with Crippen LogP contribution in [0.5, 0.6) is 17.2 Å². The standard InChI is InChI=1S/C24H21ClF3N3O6/c25-18-12-15(24(26,27)28)4-7-21(18)37-16-5-6-19(31(34)35)22(13-16)36-11-8-20(32)17(14-29)23(33)30-9-2-1-3-10-30/h4-7,12-13,17H,1-3,8-11H2. The van der Waals surface area contributed by atoms with Crippen LogP contribution in [0.25, 0.3) is 0 Å². The summed E-state index contributed by atoms with van der Waals surface area (Å²) in [5.41, 5.74) is -1.43. The van der Waals surface area contributed by atoms with Gasteiger partial charge in [-0.2, -0.15) is 18.4 Å². The number of piperidine rings is 1. The normalized spacial score (nSPS) is 14.4. The number of amides is 1. The number of Topliss-reactive ketones (excluding diaryl/α,β-unsaturated/α-hetero) is 1. The molecule has 13 heteroatoms. The number of alkyl halides is 3. The maximum atomic E-state index is 12.8. The first-order valence-corrected chi connectivity index (χ1v) is 11.6. The van der Waals surface area contributed by atoms with Crippen LogP contribution >= 0.6 is 11.6 Å². The Morgan fingerprint density at radius 1 is 1.14 bits per heavy atom. The minimum Gasteiger partial charge on any atom is -0.486 e. The van der Waals surface area contributed by atoms with E-state index < -0.39 is 40.0 Å². The lowest BCUT2D eigenvalue weighted by Gasteiger charge is -2.28. The van der Waals surface area contributed by atoms with E-state index in [0.29, 0.717) is 19.2 Å². The van der Waals surface area contributed by atoms with Gasteiger partial charge in [-0.3, -0.25) is 19.7 Å². The van der Waals surface area contributed by atoms with E-state index in [9.17, 15) is 38.1 Å². The molecule has 0 N–H and O–H groups in total. The van der Waals surface area contributed by atoms with Gasteiger partial charge in [0, 0.05) is 31.6 Å². The number of halogens is 4. The van der Waals surface area contributed by atoms with Crippen molar-refractivity contribution in [3.63, 3.8) is 0 Å². The van der Waals surface area contributed by atoms with E-state index in [2.05, 4.69) is 0 Å². The molecule has 0 spiro atoms. The average molecular weight is 540 g/mol. The van der Waals surface area contributed by atoms with Gasteiger partial charge in [0.1, 0.15) is 11.5 Å². The lowest BCUT2D eigenvalue weighted by Crippen LogP contribution is -2.42. The number of likely N-dealkylation sites (tertiary alicyclic amines) is 1. The molecular formula is C24H21ClF3N3O6. The van der Waals surface area contributed by atoms with Crippen LogP contribution in [0.1, 0.15) is 31.2 Å². The number of carbonyl (C=O) groups is 2. The molecule has 1 aliphatic rings. The highest BCUT2D eigenvalue weighted by atomic mass is 35.5. The van der Waals surface area contributed by atoms with Crippen LogP contribution in [0.4, 0.5) is 18.9 Å². The van der Waals surface area contributed by atoms with Crippen LogP contribution < -0.4 is 9.47 Å². The molecule has 1 amide bonds. The molecule has 1 heterocycles. The van der Waals surface area contributed by atoms with Gasteiger partial charge in [0.25, 0.3) is 0 Å². The summed E-state index contributed by atoms with van der Waals surface area (Å²) in [5.74, 6) is -3.17. The summed E-state index contributed by atoms with van der Waals surface area (Å²) in [6, 6.07) is 7.57. The molecule has 196 valence electrons. The summed E-state index contributed by atoms with van der Waals surface area (Å²) < 4.78 is 49.4. The van der Waals surface area contributed by atoms with Crippen molar-refractivity contribution in [3.8, 4) is 23.3 Å². The molecule has 2 aromatic carbocycles. The number of benzene rings is 2. The Morgan fingerprint density at radius 3 is 2.43 bits per heavy atom. The molecule has 2 aromatic rings. The second-order valence-corrected chi connectivity index (χ2v) is 8.55. The molecule has 0 radical (unpaired) electrons. The van der Waals surface area contributed by atoms with Gasteiger partial charge >= 0.3 is 11.9 Å². The van der Waals surface area contributed by atoms with E-state index in [1.807, 2.05) is 0 Å². The van der Waals surface area contributed by atoms with E-state index in [-0.39, 0.29) is 35.3 Å². The van der Waals surface area contributed by atoms with Crippen LogP contribution in [-0.4, -0.2) is 41.2 Å². The van der Waals surface area contributed by atoms with Crippen LogP contribution in [-0.2, 0) is 15.8 Å². The van der Waals surface area contributed by atoms with Gasteiger partial charge in [0.05, 0.1) is 28.2 Å². The van der Waals surface area contributed by atoms with Gasteiger partial charge in [-0.1, -0.05) is 11.6 Å².